The fraction of sp³-hybridized carbons (Fsp3) is 0.120. The van der Waals surface area contributed by atoms with Crippen molar-refractivity contribution >= 4 is 5.97 Å². The van der Waals surface area contributed by atoms with Gasteiger partial charge in [0.2, 0.25) is 5.88 Å². The van der Waals surface area contributed by atoms with E-state index in [4.69, 9.17) is 4.74 Å². The van der Waals surface area contributed by atoms with Gasteiger partial charge in [-0.05, 0) is 49.2 Å². The van der Waals surface area contributed by atoms with Crippen molar-refractivity contribution in [2.45, 2.75) is 20.0 Å². The van der Waals surface area contributed by atoms with Gasteiger partial charge in [-0.3, -0.25) is 0 Å². The quantitative estimate of drug-likeness (QED) is 0.348. The van der Waals surface area contributed by atoms with Gasteiger partial charge in [-0.25, -0.2) is 4.79 Å². The molecule has 4 rings (SSSR count). The van der Waals surface area contributed by atoms with Crippen LogP contribution in [0.25, 0.3) is 16.9 Å². The molecular weight excluding hydrogens is 417 g/mol. The van der Waals surface area contributed by atoms with E-state index in [0.29, 0.717) is 11.4 Å². The third-order valence-electron chi connectivity index (χ3n) is 5.17. The number of nitrogens with zero attached hydrogens (tertiary/aromatic N) is 2. The lowest BCUT2D eigenvalue weighted by Crippen LogP contribution is -2.14. The summed E-state index contributed by atoms with van der Waals surface area (Å²) in [7, 11) is 0. The number of hydrogen-bond donors (Lipinski definition) is 0. The second-order valence-electron chi connectivity index (χ2n) is 7.33. The van der Waals surface area contributed by atoms with Gasteiger partial charge in [-0.1, -0.05) is 48.5 Å². The minimum absolute atomic E-state index is 0.111. The summed E-state index contributed by atoms with van der Waals surface area (Å²) in [5, 5.41) is 4.62. The number of carbonyl (C=O) groups is 1. The number of aromatic nitrogens is 2. The Kier molecular flexibility index (Phi) is 5.57. The van der Waals surface area contributed by atoms with Crippen LogP contribution in [-0.2, 0) is 6.18 Å². The summed E-state index contributed by atoms with van der Waals surface area (Å²) in [6, 6.07) is 20.7. The zero-order valence-electron chi connectivity index (χ0n) is 17.4. The molecule has 1 heterocycles. The van der Waals surface area contributed by atoms with Crippen LogP contribution in [0.4, 0.5) is 13.2 Å². The van der Waals surface area contributed by atoms with Gasteiger partial charge in [0.05, 0.1) is 22.5 Å². The maximum atomic E-state index is 13.1. The van der Waals surface area contributed by atoms with Crippen molar-refractivity contribution in [2.75, 3.05) is 0 Å². The minimum Gasteiger partial charge on any atom is -0.404 e. The zero-order valence-corrected chi connectivity index (χ0v) is 17.4. The Bertz CT molecular complexity index is 1280. The monoisotopic (exact) mass is 436 g/mol. The smallest absolute Gasteiger partial charge is 0.404 e. The summed E-state index contributed by atoms with van der Waals surface area (Å²) in [4.78, 5) is 12.7. The number of carbonyl (C=O) groups excluding carboxylic acids is 1. The third kappa shape index (κ3) is 4.27. The molecule has 0 aliphatic rings. The predicted octanol–water partition coefficient (Wildman–Crippen LogP) is 6.39. The third-order valence-corrected chi connectivity index (χ3v) is 5.17. The SMILES string of the molecule is Cc1cccc(-n2nc(-c3ccccc3)cc2OC(=O)c2cccc(C(F)(F)F)c2)c1C. The molecular formula is C25H19F3N2O2. The number of aryl methyl sites for hydroxylation is 1. The summed E-state index contributed by atoms with van der Waals surface area (Å²) >= 11 is 0. The van der Waals surface area contributed by atoms with E-state index in [-0.39, 0.29) is 11.4 Å². The molecule has 0 saturated heterocycles. The second kappa shape index (κ2) is 8.34. The van der Waals surface area contributed by atoms with E-state index in [1.165, 1.54) is 16.8 Å². The van der Waals surface area contributed by atoms with Gasteiger partial charge in [-0.2, -0.15) is 23.0 Å². The van der Waals surface area contributed by atoms with Crippen LogP contribution in [0, 0.1) is 13.8 Å². The molecule has 0 amide bonds. The molecule has 4 nitrogen and oxygen atoms in total. The highest BCUT2D eigenvalue weighted by molar-refractivity contribution is 5.91. The second-order valence-corrected chi connectivity index (χ2v) is 7.33. The standard InChI is InChI=1S/C25H19F3N2O2/c1-16-8-6-13-22(17(16)2)30-23(15-21(29-30)18-9-4-3-5-10-18)32-24(31)19-11-7-12-20(14-19)25(26,27)28/h3-15H,1-2H3. The van der Waals surface area contributed by atoms with Crippen LogP contribution in [0.5, 0.6) is 5.88 Å². The molecule has 0 atom stereocenters. The normalized spacial score (nSPS) is 11.4. The van der Waals surface area contributed by atoms with Crippen molar-refractivity contribution < 1.29 is 22.7 Å². The van der Waals surface area contributed by atoms with Gasteiger partial charge < -0.3 is 4.74 Å². The van der Waals surface area contributed by atoms with Crippen molar-refractivity contribution in [1.29, 1.82) is 0 Å². The largest absolute Gasteiger partial charge is 0.416 e. The fourth-order valence-corrected chi connectivity index (χ4v) is 3.30. The molecule has 4 aromatic rings. The van der Waals surface area contributed by atoms with Crippen LogP contribution in [0.1, 0.15) is 27.0 Å². The van der Waals surface area contributed by atoms with Gasteiger partial charge in [0.25, 0.3) is 0 Å². The number of alkyl halides is 3. The zero-order chi connectivity index (χ0) is 22.9. The summed E-state index contributed by atoms with van der Waals surface area (Å²) in [6.45, 7) is 3.88. The fourth-order valence-electron chi connectivity index (χ4n) is 3.30. The van der Waals surface area contributed by atoms with Crippen molar-refractivity contribution in [1.82, 2.24) is 9.78 Å². The Morgan fingerprint density at radius 2 is 1.62 bits per heavy atom. The van der Waals surface area contributed by atoms with Crippen molar-refractivity contribution in [3.05, 3.63) is 101 Å². The lowest BCUT2D eigenvalue weighted by Gasteiger charge is -2.12. The Morgan fingerprint density at radius 1 is 0.906 bits per heavy atom. The summed E-state index contributed by atoms with van der Waals surface area (Å²) in [5.74, 6) is -0.790. The average molecular weight is 436 g/mol. The number of benzene rings is 3. The van der Waals surface area contributed by atoms with Crippen LogP contribution in [0.2, 0.25) is 0 Å². The summed E-state index contributed by atoms with van der Waals surface area (Å²) < 4.78 is 46.2. The lowest BCUT2D eigenvalue weighted by atomic mass is 10.1. The van der Waals surface area contributed by atoms with Crippen molar-refractivity contribution in [2.24, 2.45) is 0 Å². The highest BCUT2D eigenvalue weighted by Gasteiger charge is 2.31. The molecule has 32 heavy (non-hydrogen) atoms. The first-order chi connectivity index (χ1) is 15.2. The molecule has 1 aromatic heterocycles. The predicted molar refractivity (Wildman–Crippen MR) is 115 cm³/mol. The van der Waals surface area contributed by atoms with E-state index < -0.39 is 17.7 Å². The molecule has 0 N–H and O–H groups in total. The molecule has 0 spiro atoms. The van der Waals surface area contributed by atoms with E-state index in [2.05, 4.69) is 5.10 Å². The maximum absolute atomic E-state index is 13.1. The van der Waals surface area contributed by atoms with Crippen LogP contribution in [0.15, 0.2) is 78.9 Å². The molecule has 0 aliphatic carbocycles. The van der Waals surface area contributed by atoms with Gasteiger partial charge in [-0.15, -0.1) is 0 Å². The first kappa shape index (κ1) is 21.4. The van der Waals surface area contributed by atoms with Gasteiger partial charge in [0, 0.05) is 11.6 Å². The van der Waals surface area contributed by atoms with E-state index in [1.54, 1.807) is 6.07 Å². The van der Waals surface area contributed by atoms with E-state index in [0.717, 1.165) is 28.8 Å². The Labute approximate surface area is 182 Å². The van der Waals surface area contributed by atoms with Crippen LogP contribution in [-0.4, -0.2) is 15.7 Å². The molecule has 0 fully saturated rings. The van der Waals surface area contributed by atoms with Crippen molar-refractivity contribution in [3.8, 4) is 22.8 Å². The number of halogens is 3. The molecule has 0 bridgehead atoms. The van der Waals surface area contributed by atoms with Gasteiger partial charge in [0.1, 0.15) is 0 Å². The number of ether oxygens (including phenoxy) is 1. The molecule has 0 aliphatic heterocycles. The Morgan fingerprint density at radius 3 is 2.34 bits per heavy atom. The molecule has 162 valence electrons. The van der Waals surface area contributed by atoms with Crippen LogP contribution < -0.4 is 4.74 Å². The average Bonchev–Trinajstić information content (AvgIpc) is 3.19. The van der Waals surface area contributed by atoms with Crippen LogP contribution in [0.3, 0.4) is 0 Å². The highest BCUT2D eigenvalue weighted by Crippen LogP contribution is 2.31. The Hall–Kier alpha value is -3.87. The molecule has 3 aromatic carbocycles. The highest BCUT2D eigenvalue weighted by atomic mass is 19.4. The number of hydrogen-bond acceptors (Lipinski definition) is 3. The van der Waals surface area contributed by atoms with E-state index in [9.17, 15) is 18.0 Å². The first-order valence-corrected chi connectivity index (χ1v) is 9.85. The van der Waals surface area contributed by atoms with Gasteiger partial charge >= 0.3 is 12.1 Å². The topological polar surface area (TPSA) is 44.1 Å². The van der Waals surface area contributed by atoms with E-state index >= 15 is 0 Å². The summed E-state index contributed by atoms with van der Waals surface area (Å²) in [6.07, 6.45) is -4.56. The molecule has 0 saturated carbocycles. The van der Waals surface area contributed by atoms with E-state index in [1.807, 2.05) is 62.4 Å². The first-order valence-electron chi connectivity index (χ1n) is 9.85. The molecule has 0 radical (unpaired) electrons. The number of esters is 1. The van der Waals surface area contributed by atoms with Gasteiger partial charge in [0.15, 0.2) is 0 Å². The Balaban J connectivity index is 1.77. The lowest BCUT2D eigenvalue weighted by molar-refractivity contribution is -0.137. The molecule has 7 heteroatoms. The van der Waals surface area contributed by atoms with Crippen LogP contribution >= 0.6 is 0 Å². The maximum Gasteiger partial charge on any atom is 0.416 e. The van der Waals surface area contributed by atoms with Crippen molar-refractivity contribution in [3.63, 3.8) is 0 Å². The molecule has 0 unspecified atom stereocenters. The number of rotatable bonds is 4. The summed E-state index contributed by atoms with van der Waals surface area (Å²) in [5.41, 5.74) is 2.93. The minimum atomic E-state index is -4.56.